The Kier molecular flexibility index (Phi) is 5.39. The number of amides is 1. The molecule has 1 fully saturated rings. The first-order valence-corrected chi connectivity index (χ1v) is 7.69. The molecule has 1 unspecified atom stereocenters. The SMILES string of the molecule is CC(Sc1cc(Cl)ccc1Cl)C(=O)N1CCOCC1. The fraction of sp³-hybridized carbons (Fsp3) is 0.462. The summed E-state index contributed by atoms with van der Waals surface area (Å²) in [7, 11) is 0. The average molecular weight is 320 g/mol. The summed E-state index contributed by atoms with van der Waals surface area (Å²) in [6, 6.07) is 5.28. The third-order valence-corrected chi connectivity index (χ3v) is 4.69. The summed E-state index contributed by atoms with van der Waals surface area (Å²) in [6.45, 7) is 4.43. The van der Waals surface area contributed by atoms with Crippen molar-refractivity contribution in [1.82, 2.24) is 4.90 Å². The van der Waals surface area contributed by atoms with Gasteiger partial charge < -0.3 is 9.64 Å². The predicted molar refractivity (Wildman–Crippen MR) is 79.2 cm³/mol. The van der Waals surface area contributed by atoms with E-state index in [1.54, 1.807) is 18.2 Å². The molecule has 1 heterocycles. The lowest BCUT2D eigenvalue weighted by atomic mass is 10.3. The molecule has 3 nitrogen and oxygen atoms in total. The minimum absolute atomic E-state index is 0.115. The number of nitrogens with zero attached hydrogens (tertiary/aromatic N) is 1. The van der Waals surface area contributed by atoms with Crippen molar-refractivity contribution >= 4 is 40.9 Å². The molecule has 0 aromatic heterocycles. The maximum atomic E-state index is 12.3. The summed E-state index contributed by atoms with van der Waals surface area (Å²) in [6.07, 6.45) is 0. The zero-order valence-electron chi connectivity index (χ0n) is 10.6. The van der Waals surface area contributed by atoms with Crippen molar-refractivity contribution < 1.29 is 9.53 Å². The minimum Gasteiger partial charge on any atom is -0.378 e. The molecule has 1 aromatic rings. The Morgan fingerprint density at radius 1 is 1.37 bits per heavy atom. The Balaban J connectivity index is 2.01. The van der Waals surface area contributed by atoms with Gasteiger partial charge in [0.2, 0.25) is 5.91 Å². The topological polar surface area (TPSA) is 29.5 Å². The maximum absolute atomic E-state index is 12.3. The van der Waals surface area contributed by atoms with E-state index in [0.29, 0.717) is 36.3 Å². The molecule has 1 aromatic carbocycles. The highest BCUT2D eigenvalue weighted by Gasteiger charge is 2.23. The summed E-state index contributed by atoms with van der Waals surface area (Å²) in [5, 5.41) is 1.06. The van der Waals surface area contributed by atoms with E-state index in [0.717, 1.165) is 4.90 Å². The van der Waals surface area contributed by atoms with Crippen LogP contribution in [0.3, 0.4) is 0 Å². The van der Waals surface area contributed by atoms with Gasteiger partial charge in [-0.3, -0.25) is 4.79 Å². The van der Waals surface area contributed by atoms with Gasteiger partial charge in [-0.15, -0.1) is 11.8 Å². The van der Waals surface area contributed by atoms with Crippen molar-refractivity contribution in [2.45, 2.75) is 17.1 Å². The summed E-state index contributed by atoms with van der Waals surface area (Å²) in [5.41, 5.74) is 0. The molecule has 1 atom stereocenters. The molecule has 2 rings (SSSR count). The molecule has 1 saturated heterocycles. The number of morpholine rings is 1. The zero-order chi connectivity index (χ0) is 13.8. The molecular weight excluding hydrogens is 305 g/mol. The van der Waals surface area contributed by atoms with Gasteiger partial charge in [-0.25, -0.2) is 0 Å². The number of thioether (sulfide) groups is 1. The third kappa shape index (κ3) is 4.02. The van der Waals surface area contributed by atoms with Crippen molar-refractivity contribution in [1.29, 1.82) is 0 Å². The van der Waals surface area contributed by atoms with Gasteiger partial charge in [0.05, 0.1) is 23.5 Å². The maximum Gasteiger partial charge on any atom is 0.235 e. The second kappa shape index (κ2) is 6.84. The molecule has 19 heavy (non-hydrogen) atoms. The molecule has 0 bridgehead atoms. The quantitative estimate of drug-likeness (QED) is 0.800. The Hall–Kier alpha value is -0.420. The standard InChI is InChI=1S/C13H15Cl2NO2S/c1-9(13(17)16-4-6-18-7-5-16)19-12-8-10(14)2-3-11(12)15/h2-3,8-9H,4-7H2,1H3. The summed E-state index contributed by atoms with van der Waals surface area (Å²) < 4.78 is 5.24. The van der Waals surface area contributed by atoms with Gasteiger partial charge in [0, 0.05) is 23.0 Å². The van der Waals surface area contributed by atoms with Crippen LogP contribution < -0.4 is 0 Å². The molecule has 0 saturated carbocycles. The second-order valence-corrected chi connectivity index (χ2v) is 6.50. The smallest absolute Gasteiger partial charge is 0.235 e. The number of carbonyl (C=O) groups is 1. The van der Waals surface area contributed by atoms with Gasteiger partial charge in [-0.1, -0.05) is 23.2 Å². The molecule has 1 amide bonds. The first kappa shape index (κ1) is 15.0. The summed E-state index contributed by atoms with van der Waals surface area (Å²) in [5.74, 6) is 0.115. The molecule has 1 aliphatic heterocycles. The van der Waals surface area contributed by atoms with Gasteiger partial charge in [0.1, 0.15) is 0 Å². The van der Waals surface area contributed by atoms with E-state index >= 15 is 0 Å². The molecule has 104 valence electrons. The Bertz CT molecular complexity index is 464. The van der Waals surface area contributed by atoms with Gasteiger partial charge >= 0.3 is 0 Å². The van der Waals surface area contributed by atoms with Crippen molar-refractivity contribution in [3.05, 3.63) is 28.2 Å². The van der Waals surface area contributed by atoms with E-state index < -0.39 is 0 Å². The molecule has 0 radical (unpaired) electrons. The highest BCUT2D eigenvalue weighted by molar-refractivity contribution is 8.00. The van der Waals surface area contributed by atoms with Gasteiger partial charge in [-0.05, 0) is 25.1 Å². The number of rotatable bonds is 3. The monoisotopic (exact) mass is 319 g/mol. The van der Waals surface area contributed by atoms with Crippen molar-refractivity contribution in [2.24, 2.45) is 0 Å². The lowest BCUT2D eigenvalue weighted by Crippen LogP contribution is -2.44. The van der Waals surface area contributed by atoms with Crippen LogP contribution in [0.2, 0.25) is 10.0 Å². The van der Waals surface area contributed by atoms with Crippen molar-refractivity contribution in [3.63, 3.8) is 0 Å². The van der Waals surface area contributed by atoms with E-state index in [-0.39, 0.29) is 11.2 Å². The third-order valence-electron chi connectivity index (χ3n) is 2.87. The lowest BCUT2D eigenvalue weighted by molar-refractivity contribution is -0.134. The number of carbonyl (C=O) groups excluding carboxylic acids is 1. The van der Waals surface area contributed by atoms with Crippen LogP contribution >= 0.6 is 35.0 Å². The van der Waals surface area contributed by atoms with Gasteiger partial charge in [0.25, 0.3) is 0 Å². The normalized spacial score (nSPS) is 17.3. The van der Waals surface area contributed by atoms with Crippen molar-refractivity contribution in [3.8, 4) is 0 Å². The van der Waals surface area contributed by atoms with Crippen LogP contribution in [0.1, 0.15) is 6.92 Å². The number of benzene rings is 1. The highest BCUT2D eigenvalue weighted by Crippen LogP contribution is 2.33. The molecule has 0 N–H and O–H groups in total. The first-order chi connectivity index (χ1) is 9.08. The van der Waals surface area contributed by atoms with Crippen LogP contribution in [0.4, 0.5) is 0 Å². The zero-order valence-corrected chi connectivity index (χ0v) is 12.9. The molecule has 1 aliphatic rings. The fourth-order valence-corrected chi connectivity index (χ4v) is 3.34. The number of ether oxygens (including phenoxy) is 1. The average Bonchev–Trinajstić information content (AvgIpc) is 2.43. The summed E-state index contributed by atoms with van der Waals surface area (Å²) >= 11 is 13.5. The Morgan fingerprint density at radius 3 is 2.74 bits per heavy atom. The molecule has 0 spiro atoms. The van der Waals surface area contributed by atoms with Crippen LogP contribution in [-0.2, 0) is 9.53 Å². The van der Waals surface area contributed by atoms with E-state index in [4.69, 9.17) is 27.9 Å². The lowest BCUT2D eigenvalue weighted by Gasteiger charge is -2.29. The Morgan fingerprint density at radius 2 is 2.05 bits per heavy atom. The Labute approximate surface area is 127 Å². The number of halogens is 2. The summed E-state index contributed by atoms with van der Waals surface area (Å²) in [4.78, 5) is 14.9. The molecule has 6 heteroatoms. The van der Waals surface area contributed by atoms with Gasteiger partial charge in [-0.2, -0.15) is 0 Å². The van der Waals surface area contributed by atoms with E-state index in [1.165, 1.54) is 11.8 Å². The van der Waals surface area contributed by atoms with Gasteiger partial charge in [0.15, 0.2) is 0 Å². The minimum atomic E-state index is -0.186. The molecular formula is C13H15Cl2NO2S. The van der Waals surface area contributed by atoms with Crippen LogP contribution in [0, 0.1) is 0 Å². The van der Waals surface area contributed by atoms with E-state index in [1.807, 2.05) is 11.8 Å². The predicted octanol–water partition coefficient (Wildman–Crippen LogP) is 3.33. The van der Waals surface area contributed by atoms with Crippen LogP contribution in [0.25, 0.3) is 0 Å². The largest absolute Gasteiger partial charge is 0.378 e. The fourth-order valence-electron chi connectivity index (χ4n) is 1.85. The number of hydrogen-bond acceptors (Lipinski definition) is 3. The first-order valence-electron chi connectivity index (χ1n) is 6.06. The number of hydrogen-bond donors (Lipinski definition) is 0. The van der Waals surface area contributed by atoms with Crippen LogP contribution in [0.15, 0.2) is 23.1 Å². The molecule has 0 aliphatic carbocycles. The van der Waals surface area contributed by atoms with Crippen LogP contribution in [-0.4, -0.2) is 42.4 Å². The van der Waals surface area contributed by atoms with E-state index in [2.05, 4.69) is 0 Å². The highest BCUT2D eigenvalue weighted by atomic mass is 35.5. The van der Waals surface area contributed by atoms with E-state index in [9.17, 15) is 4.79 Å². The second-order valence-electron chi connectivity index (χ2n) is 4.27. The van der Waals surface area contributed by atoms with Crippen LogP contribution in [0.5, 0.6) is 0 Å². The van der Waals surface area contributed by atoms with Crippen molar-refractivity contribution in [2.75, 3.05) is 26.3 Å².